The Balaban J connectivity index is 0.000000180. The summed E-state index contributed by atoms with van der Waals surface area (Å²) in [6, 6.07) is 0. The second-order valence-electron chi connectivity index (χ2n) is 4.74. The molecule has 0 aromatic carbocycles. The van der Waals surface area contributed by atoms with E-state index in [-0.39, 0.29) is 11.8 Å². The van der Waals surface area contributed by atoms with Gasteiger partial charge in [0.1, 0.15) is 0 Å². The molecule has 0 aromatic heterocycles. The maximum atomic E-state index is 10.3. The number of nitrogens with one attached hydrogen (secondary N) is 2. The SMILES string of the molecule is O=C(O)C1CCCNC1.O=C(O)C1CCNCC1. The molecule has 2 aliphatic rings. The summed E-state index contributed by atoms with van der Waals surface area (Å²) in [7, 11) is 0. The van der Waals surface area contributed by atoms with E-state index in [1.54, 1.807) is 0 Å². The average molecular weight is 258 g/mol. The molecule has 2 saturated heterocycles. The minimum Gasteiger partial charge on any atom is -0.481 e. The first-order valence-corrected chi connectivity index (χ1v) is 6.48. The lowest BCUT2D eigenvalue weighted by atomic mass is 9.99. The van der Waals surface area contributed by atoms with Crippen molar-refractivity contribution in [2.24, 2.45) is 11.8 Å². The molecule has 0 aliphatic carbocycles. The van der Waals surface area contributed by atoms with Crippen LogP contribution in [0, 0.1) is 11.8 Å². The first-order valence-electron chi connectivity index (χ1n) is 6.48. The fraction of sp³-hybridized carbons (Fsp3) is 0.833. The van der Waals surface area contributed by atoms with Crippen molar-refractivity contribution in [1.29, 1.82) is 0 Å². The molecule has 6 nitrogen and oxygen atoms in total. The van der Waals surface area contributed by atoms with Crippen LogP contribution in [0.1, 0.15) is 25.7 Å². The molecule has 0 radical (unpaired) electrons. The maximum absolute atomic E-state index is 10.3. The van der Waals surface area contributed by atoms with Crippen LogP contribution < -0.4 is 10.6 Å². The number of piperidine rings is 2. The minimum atomic E-state index is -0.665. The topological polar surface area (TPSA) is 98.7 Å². The summed E-state index contributed by atoms with van der Waals surface area (Å²) in [5.74, 6) is -1.54. The fourth-order valence-corrected chi connectivity index (χ4v) is 2.13. The van der Waals surface area contributed by atoms with Gasteiger partial charge in [0.2, 0.25) is 0 Å². The van der Waals surface area contributed by atoms with Gasteiger partial charge in [-0.15, -0.1) is 0 Å². The lowest BCUT2D eigenvalue weighted by molar-refractivity contribution is -0.143. The number of aliphatic carboxylic acids is 2. The van der Waals surface area contributed by atoms with Gasteiger partial charge in [-0.25, -0.2) is 0 Å². The average Bonchev–Trinajstić information content (AvgIpc) is 2.41. The van der Waals surface area contributed by atoms with Crippen LogP contribution >= 0.6 is 0 Å². The maximum Gasteiger partial charge on any atom is 0.307 e. The molecular formula is C12H22N2O4. The van der Waals surface area contributed by atoms with Crippen molar-refractivity contribution < 1.29 is 19.8 Å². The van der Waals surface area contributed by atoms with Gasteiger partial charge in [-0.3, -0.25) is 9.59 Å². The molecule has 0 bridgehead atoms. The molecule has 0 saturated carbocycles. The van der Waals surface area contributed by atoms with Gasteiger partial charge in [0, 0.05) is 6.54 Å². The fourth-order valence-electron chi connectivity index (χ4n) is 2.13. The molecule has 2 aliphatic heterocycles. The van der Waals surface area contributed by atoms with Gasteiger partial charge in [0.25, 0.3) is 0 Å². The highest BCUT2D eigenvalue weighted by molar-refractivity contribution is 5.70. The number of rotatable bonds is 2. The van der Waals surface area contributed by atoms with Gasteiger partial charge in [-0.2, -0.15) is 0 Å². The van der Waals surface area contributed by atoms with E-state index in [1.807, 2.05) is 0 Å². The van der Waals surface area contributed by atoms with Crippen molar-refractivity contribution in [3.8, 4) is 0 Å². The van der Waals surface area contributed by atoms with Crippen molar-refractivity contribution in [3.05, 3.63) is 0 Å². The van der Waals surface area contributed by atoms with E-state index in [0.29, 0.717) is 6.54 Å². The van der Waals surface area contributed by atoms with Crippen LogP contribution in [0.5, 0.6) is 0 Å². The molecule has 4 N–H and O–H groups in total. The lowest BCUT2D eigenvalue weighted by Crippen LogP contribution is -2.34. The van der Waals surface area contributed by atoms with Crippen LogP contribution in [0.4, 0.5) is 0 Å². The Kier molecular flexibility index (Phi) is 6.67. The highest BCUT2D eigenvalue weighted by Gasteiger charge is 2.19. The van der Waals surface area contributed by atoms with Gasteiger partial charge in [-0.1, -0.05) is 0 Å². The number of carbonyl (C=O) groups is 2. The molecule has 18 heavy (non-hydrogen) atoms. The Morgan fingerprint density at radius 3 is 1.78 bits per heavy atom. The Hall–Kier alpha value is -1.14. The summed E-state index contributed by atoms with van der Waals surface area (Å²) >= 11 is 0. The van der Waals surface area contributed by atoms with Crippen LogP contribution in [-0.2, 0) is 9.59 Å². The molecule has 2 fully saturated rings. The van der Waals surface area contributed by atoms with Crippen molar-refractivity contribution in [3.63, 3.8) is 0 Å². The van der Waals surface area contributed by atoms with E-state index in [4.69, 9.17) is 10.2 Å². The predicted molar refractivity (Wildman–Crippen MR) is 66.5 cm³/mol. The highest BCUT2D eigenvalue weighted by atomic mass is 16.4. The standard InChI is InChI=1S/2C6H11NO2/c8-6(9)5-1-3-7-4-2-5;8-6(9)5-2-1-3-7-4-5/h2*5,7H,1-4H2,(H,8,9). The Morgan fingerprint density at radius 2 is 1.44 bits per heavy atom. The van der Waals surface area contributed by atoms with Crippen molar-refractivity contribution in [1.82, 2.24) is 10.6 Å². The van der Waals surface area contributed by atoms with Crippen LogP contribution in [-0.4, -0.2) is 48.3 Å². The highest BCUT2D eigenvalue weighted by Crippen LogP contribution is 2.10. The second kappa shape index (κ2) is 8.05. The second-order valence-corrected chi connectivity index (χ2v) is 4.74. The summed E-state index contributed by atoms with van der Waals surface area (Å²) in [6.07, 6.45) is 3.41. The Morgan fingerprint density at radius 1 is 0.833 bits per heavy atom. The smallest absolute Gasteiger partial charge is 0.307 e. The predicted octanol–water partition coefficient (Wildman–Crippen LogP) is 0.141. The molecule has 0 aromatic rings. The molecule has 0 amide bonds. The third-order valence-corrected chi connectivity index (χ3v) is 3.33. The molecule has 104 valence electrons. The normalized spacial score (nSPS) is 24.8. The summed E-state index contributed by atoms with van der Waals surface area (Å²) in [4.78, 5) is 20.6. The molecule has 2 rings (SSSR count). The van der Waals surface area contributed by atoms with Gasteiger partial charge in [0.15, 0.2) is 0 Å². The van der Waals surface area contributed by atoms with E-state index in [0.717, 1.165) is 45.3 Å². The molecule has 2 heterocycles. The van der Waals surface area contributed by atoms with Crippen LogP contribution in [0.15, 0.2) is 0 Å². The van der Waals surface area contributed by atoms with E-state index in [2.05, 4.69) is 10.6 Å². The van der Waals surface area contributed by atoms with Gasteiger partial charge in [0.05, 0.1) is 11.8 Å². The van der Waals surface area contributed by atoms with E-state index < -0.39 is 11.9 Å². The summed E-state index contributed by atoms with van der Waals surface area (Å²) in [6.45, 7) is 3.34. The molecule has 1 unspecified atom stereocenters. The Bertz CT molecular complexity index is 243. The number of hydrogen-bond donors (Lipinski definition) is 4. The van der Waals surface area contributed by atoms with Gasteiger partial charge >= 0.3 is 11.9 Å². The van der Waals surface area contributed by atoms with Crippen molar-refractivity contribution in [2.75, 3.05) is 26.2 Å². The quantitative estimate of drug-likeness (QED) is 0.562. The first kappa shape index (κ1) is 14.9. The number of carboxylic acid groups (broad SMARTS) is 2. The molecule has 6 heteroatoms. The van der Waals surface area contributed by atoms with E-state index in [1.165, 1.54) is 0 Å². The number of carboxylic acids is 2. The minimum absolute atomic E-state index is 0.0914. The van der Waals surface area contributed by atoms with Crippen molar-refractivity contribution >= 4 is 11.9 Å². The van der Waals surface area contributed by atoms with Crippen LogP contribution in [0.3, 0.4) is 0 Å². The number of hydrogen-bond acceptors (Lipinski definition) is 4. The Labute approximate surface area is 107 Å². The summed E-state index contributed by atoms with van der Waals surface area (Å²) < 4.78 is 0. The zero-order chi connectivity index (χ0) is 13.4. The van der Waals surface area contributed by atoms with Crippen LogP contribution in [0.2, 0.25) is 0 Å². The van der Waals surface area contributed by atoms with Gasteiger partial charge in [-0.05, 0) is 45.3 Å². The zero-order valence-electron chi connectivity index (χ0n) is 10.5. The van der Waals surface area contributed by atoms with E-state index in [9.17, 15) is 9.59 Å². The summed E-state index contributed by atoms with van der Waals surface area (Å²) in [5, 5.41) is 23.2. The van der Waals surface area contributed by atoms with Crippen LogP contribution in [0.25, 0.3) is 0 Å². The zero-order valence-corrected chi connectivity index (χ0v) is 10.5. The monoisotopic (exact) mass is 258 g/mol. The first-order chi connectivity index (χ1) is 8.61. The lowest BCUT2D eigenvalue weighted by Gasteiger charge is -2.18. The molecule has 1 atom stereocenters. The van der Waals surface area contributed by atoms with E-state index >= 15 is 0 Å². The molecular weight excluding hydrogens is 236 g/mol. The van der Waals surface area contributed by atoms with Crippen molar-refractivity contribution in [2.45, 2.75) is 25.7 Å². The molecule has 0 spiro atoms. The third kappa shape index (κ3) is 5.46. The van der Waals surface area contributed by atoms with Gasteiger partial charge < -0.3 is 20.8 Å². The largest absolute Gasteiger partial charge is 0.481 e. The summed E-state index contributed by atoms with van der Waals surface area (Å²) in [5.41, 5.74) is 0. The third-order valence-electron chi connectivity index (χ3n) is 3.33.